The molecule has 1 aliphatic heterocycles. The average Bonchev–Trinajstić information content (AvgIpc) is 3.13. The first kappa shape index (κ1) is 19.4. The average molecular weight is 387 g/mol. The lowest BCUT2D eigenvalue weighted by molar-refractivity contribution is -0.140. The van der Waals surface area contributed by atoms with Gasteiger partial charge in [-0.3, -0.25) is 9.78 Å². The maximum Gasteiger partial charge on any atom is 0.305 e. The number of nitrogens with zero attached hydrogens (tertiary/aromatic N) is 3. The number of methoxy groups -OCH3 is 1. The molecule has 2 aromatic rings. The van der Waals surface area contributed by atoms with Gasteiger partial charge in [0.15, 0.2) is 5.11 Å². The number of pyridine rings is 1. The van der Waals surface area contributed by atoms with E-state index in [1.807, 2.05) is 18.2 Å². The van der Waals surface area contributed by atoms with Crippen molar-refractivity contribution in [3.63, 3.8) is 0 Å². The van der Waals surface area contributed by atoms with Gasteiger partial charge in [0.05, 0.1) is 24.9 Å². The van der Waals surface area contributed by atoms with Gasteiger partial charge in [-0.25, -0.2) is 0 Å². The smallest absolute Gasteiger partial charge is 0.305 e. The molecule has 27 heavy (non-hydrogen) atoms. The van der Waals surface area contributed by atoms with Crippen LogP contribution in [0.25, 0.3) is 0 Å². The summed E-state index contributed by atoms with van der Waals surface area (Å²) in [5, 5.41) is 4.14. The summed E-state index contributed by atoms with van der Waals surface area (Å²) in [6, 6.07) is 8.16. The van der Waals surface area contributed by atoms with Gasteiger partial charge in [-0.2, -0.15) is 0 Å². The number of carbonyl (C=O) groups excluding carboxylic acids is 1. The monoisotopic (exact) mass is 386 g/mol. The lowest BCUT2D eigenvalue weighted by Crippen LogP contribution is -2.31. The van der Waals surface area contributed by atoms with Gasteiger partial charge in [-0.15, -0.1) is 0 Å². The van der Waals surface area contributed by atoms with Gasteiger partial charge >= 0.3 is 5.97 Å². The maximum atomic E-state index is 11.5. The molecule has 2 atom stereocenters. The Morgan fingerprint density at radius 2 is 2.15 bits per heavy atom. The zero-order valence-corrected chi connectivity index (χ0v) is 17.0. The molecule has 2 aromatic heterocycles. The van der Waals surface area contributed by atoms with E-state index in [-0.39, 0.29) is 18.1 Å². The van der Waals surface area contributed by atoms with E-state index in [1.165, 1.54) is 24.1 Å². The number of aromatic nitrogens is 2. The molecular formula is C20H26N4O2S. The van der Waals surface area contributed by atoms with Crippen molar-refractivity contribution in [1.82, 2.24) is 19.8 Å². The summed E-state index contributed by atoms with van der Waals surface area (Å²) in [6.45, 7) is 4.92. The molecule has 0 bridgehead atoms. The minimum absolute atomic E-state index is 0.0303. The number of hydrogen-bond donors (Lipinski definition) is 1. The molecule has 1 fully saturated rings. The fourth-order valence-corrected chi connectivity index (χ4v) is 4.00. The van der Waals surface area contributed by atoms with Crippen molar-refractivity contribution in [1.29, 1.82) is 0 Å². The number of ether oxygens (including phenoxy) is 1. The number of aryl methyl sites for hydroxylation is 1. The van der Waals surface area contributed by atoms with E-state index in [2.05, 4.69) is 46.7 Å². The van der Waals surface area contributed by atoms with Crippen LogP contribution in [-0.2, 0) is 16.6 Å². The fourth-order valence-electron chi connectivity index (χ4n) is 3.66. The number of carbonyl (C=O) groups is 1. The number of esters is 1. The summed E-state index contributed by atoms with van der Waals surface area (Å²) < 4.78 is 6.96. The molecular weight excluding hydrogens is 360 g/mol. The van der Waals surface area contributed by atoms with Crippen LogP contribution >= 0.6 is 12.2 Å². The summed E-state index contributed by atoms with van der Waals surface area (Å²) in [6.07, 6.45) is 2.87. The highest BCUT2D eigenvalue weighted by molar-refractivity contribution is 7.80. The standard InChI is InChI=1S/C20H26N4O2S/c1-13-12-15(14(2)23(13)3)19-18(16-8-5-6-10-21-16)22-20(27)24(19)11-7-9-17(25)26-4/h5-6,8,10,12,18-19H,7,9,11H2,1-4H3,(H,22,27)/t18-,19+/m0/s1. The first-order chi connectivity index (χ1) is 12.9. The van der Waals surface area contributed by atoms with E-state index >= 15 is 0 Å². The second-order valence-electron chi connectivity index (χ2n) is 6.89. The van der Waals surface area contributed by atoms with Gasteiger partial charge < -0.3 is 19.5 Å². The maximum absolute atomic E-state index is 11.5. The first-order valence-electron chi connectivity index (χ1n) is 9.11. The number of thiocarbonyl (C=S) groups is 1. The third-order valence-electron chi connectivity index (χ3n) is 5.34. The van der Waals surface area contributed by atoms with Crippen molar-refractivity contribution in [2.24, 2.45) is 7.05 Å². The van der Waals surface area contributed by atoms with Crippen LogP contribution in [0.1, 0.15) is 47.6 Å². The van der Waals surface area contributed by atoms with Crippen LogP contribution in [0.4, 0.5) is 0 Å². The topological polar surface area (TPSA) is 59.4 Å². The van der Waals surface area contributed by atoms with E-state index in [4.69, 9.17) is 17.0 Å². The Bertz CT molecular complexity index is 834. The lowest BCUT2D eigenvalue weighted by atomic mass is 9.96. The zero-order chi connectivity index (χ0) is 19.6. The van der Waals surface area contributed by atoms with Crippen LogP contribution in [0.5, 0.6) is 0 Å². The third kappa shape index (κ3) is 3.83. The summed E-state index contributed by atoms with van der Waals surface area (Å²) in [5.74, 6) is -0.197. The molecule has 1 aliphatic rings. The predicted octanol–water partition coefficient (Wildman–Crippen LogP) is 2.96. The van der Waals surface area contributed by atoms with E-state index < -0.39 is 0 Å². The van der Waals surface area contributed by atoms with Crippen LogP contribution in [0.3, 0.4) is 0 Å². The molecule has 7 heteroatoms. The van der Waals surface area contributed by atoms with Gasteiger partial charge in [0.2, 0.25) is 0 Å². The first-order valence-corrected chi connectivity index (χ1v) is 9.52. The Kier molecular flexibility index (Phi) is 5.79. The molecule has 0 amide bonds. The van der Waals surface area contributed by atoms with Crippen LogP contribution < -0.4 is 5.32 Å². The second kappa shape index (κ2) is 8.08. The van der Waals surface area contributed by atoms with Crippen molar-refractivity contribution in [2.45, 2.75) is 38.8 Å². The van der Waals surface area contributed by atoms with Gasteiger partial charge in [0.25, 0.3) is 0 Å². The molecule has 144 valence electrons. The lowest BCUT2D eigenvalue weighted by Gasteiger charge is -2.28. The highest BCUT2D eigenvalue weighted by Gasteiger charge is 2.40. The van der Waals surface area contributed by atoms with Crippen molar-refractivity contribution in [3.8, 4) is 0 Å². The van der Waals surface area contributed by atoms with E-state index in [9.17, 15) is 4.79 Å². The Morgan fingerprint density at radius 3 is 2.74 bits per heavy atom. The second-order valence-corrected chi connectivity index (χ2v) is 7.27. The van der Waals surface area contributed by atoms with Crippen molar-refractivity contribution in [3.05, 3.63) is 53.1 Å². The molecule has 1 N–H and O–H groups in total. The highest BCUT2D eigenvalue weighted by atomic mass is 32.1. The van der Waals surface area contributed by atoms with Crippen LogP contribution in [0.15, 0.2) is 30.5 Å². The van der Waals surface area contributed by atoms with Crippen molar-refractivity contribution >= 4 is 23.3 Å². The normalized spacial score (nSPS) is 19.3. The molecule has 0 aliphatic carbocycles. The van der Waals surface area contributed by atoms with E-state index in [0.29, 0.717) is 24.5 Å². The molecule has 0 unspecified atom stereocenters. The van der Waals surface area contributed by atoms with Gasteiger partial charge in [-0.1, -0.05) is 6.07 Å². The third-order valence-corrected chi connectivity index (χ3v) is 5.69. The molecule has 3 rings (SSSR count). The van der Waals surface area contributed by atoms with Crippen LogP contribution in [0, 0.1) is 13.8 Å². The Morgan fingerprint density at radius 1 is 1.37 bits per heavy atom. The summed E-state index contributed by atoms with van der Waals surface area (Å²) in [4.78, 5) is 18.2. The van der Waals surface area contributed by atoms with Gasteiger partial charge in [0.1, 0.15) is 0 Å². The number of nitrogens with one attached hydrogen (secondary N) is 1. The molecule has 0 aromatic carbocycles. The van der Waals surface area contributed by atoms with Crippen LogP contribution in [-0.4, -0.2) is 39.2 Å². The fraction of sp³-hybridized carbons (Fsp3) is 0.450. The molecule has 0 saturated carbocycles. The van der Waals surface area contributed by atoms with Crippen molar-refractivity contribution in [2.75, 3.05) is 13.7 Å². The molecule has 3 heterocycles. The molecule has 1 saturated heterocycles. The number of rotatable bonds is 6. The summed E-state index contributed by atoms with van der Waals surface area (Å²) in [5.41, 5.74) is 4.61. The Labute approximate surface area is 165 Å². The van der Waals surface area contributed by atoms with E-state index in [1.54, 1.807) is 6.20 Å². The zero-order valence-electron chi connectivity index (χ0n) is 16.2. The number of hydrogen-bond acceptors (Lipinski definition) is 4. The summed E-state index contributed by atoms with van der Waals surface area (Å²) in [7, 11) is 3.49. The minimum Gasteiger partial charge on any atom is -0.469 e. The van der Waals surface area contributed by atoms with Gasteiger partial charge in [-0.05, 0) is 56.2 Å². The van der Waals surface area contributed by atoms with Gasteiger partial charge in [0, 0.05) is 37.6 Å². The molecule has 0 radical (unpaired) electrons. The largest absolute Gasteiger partial charge is 0.469 e. The molecule has 6 nitrogen and oxygen atoms in total. The van der Waals surface area contributed by atoms with E-state index in [0.717, 1.165) is 5.69 Å². The summed E-state index contributed by atoms with van der Waals surface area (Å²) >= 11 is 5.65. The Balaban J connectivity index is 1.94. The SMILES string of the molecule is COC(=O)CCCN1C(=S)N[C@@H](c2ccccn2)[C@H]1c1cc(C)n(C)c1C. The quantitative estimate of drug-likeness (QED) is 0.608. The minimum atomic E-state index is -0.197. The molecule has 0 spiro atoms. The van der Waals surface area contributed by atoms with Crippen LogP contribution in [0.2, 0.25) is 0 Å². The highest BCUT2D eigenvalue weighted by Crippen LogP contribution is 2.40. The Hall–Kier alpha value is -2.41. The predicted molar refractivity (Wildman–Crippen MR) is 108 cm³/mol. The van der Waals surface area contributed by atoms with Crippen molar-refractivity contribution < 1.29 is 9.53 Å².